The van der Waals surface area contributed by atoms with Crippen LogP contribution in [-0.4, -0.2) is 4.98 Å². The summed E-state index contributed by atoms with van der Waals surface area (Å²) in [6, 6.07) is 15.0. The number of alkyl halides is 3. The molecule has 0 aliphatic rings. The van der Waals surface area contributed by atoms with E-state index in [0.29, 0.717) is 0 Å². The summed E-state index contributed by atoms with van der Waals surface area (Å²) < 4.78 is 37.7. The van der Waals surface area contributed by atoms with Gasteiger partial charge in [0.05, 0.1) is 5.56 Å². The van der Waals surface area contributed by atoms with Crippen LogP contribution in [0.1, 0.15) is 11.1 Å². The van der Waals surface area contributed by atoms with E-state index in [0.717, 1.165) is 40.1 Å². The van der Waals surface area contributed by atoms with Crippen LogP contribution in [0.5, 0.6) is 0 Å². The van der Waals surface area contributed by atoms with Crippen molar-refractivity contribution in [3.8, 4) is 22.4 Å². The number of aromatic nitrogens is 1. The maximum Gasteiger partial charge on any atom is 0.416 e. The van der Waals surface area contributed by atoms with Gasteiger partial charge in [0.2, 0.25) is 0 Å². The minimum absolute atomic E-state index is 0.630. The summed E-state index contributed by atoms with van der Waals surface area (Å²) in [5.74, 6) is 0. The van der Waals surface area contributed by atoms with E-state index in [2.05, 4.69) is 4.98 Å². The fourth-order valence-electron chi connectivity index (χ4n) is 2.44. The van der Waals surface area contributed by atoms with E-state index in [-0.39, 0.29) is 0 Å². The van der Waals surface area contributed by atoms with Gasteiger partial charge in [-0.25, -0.2) is 0 Å². The summed E-state index contributed by atoms with van der Waals surface area (Å²) >= 11 is 0. The molecule has 0 radical (unpaired) electrons. The number of nitrogens with one attached hydrogen (secondary N) is 1. The zero-order chi connectivity index (χ0) is 15.7. The van der Waals surface area contributed by atoms with Gasteiger partial charge in [0.15, 0.2) is 0 Å². The van der Waals surface area contributed by atoms with Crippen molar-refractivity contribution >= 4 is 0 Å². The first-order valence-electron chi connectivity index (χ1n) is 6.87. The van der Waals surface area contributed by atoms with Crippen molar-refractivity contribution in [3.63, 3.8) is 0 Å². The maximum atomic E-state index is 12.6. The average molecular weight is 301 g/mol. The van der Waals surface area contributed by atoms with Crippen LogP contribution >= 0.6 is 0 Å². The molecule has 0 fully saturated rings. The number of rotatable bonds is 2. The van der Waals surface area contributed by atoms with Crippen LogP contribution in [-0.2, 0) is 6.18 Å². The first-order chi connectivity index (χ1) is 10.4. The molecule has 0 atom stereocenters. The highest BCUT2D eigenvalue weighted by molar-refractivity contribution is 5.70. The molecule has 1 heterocycles. The minimum Gasteiger partial charge on any atom is -0.361 e. The molecule has 1 aromatic heterocycles. The lowest BCUT2D eigenvalue weighted by atomic mass is 10.0. The van der Waals surface area contributed by atoms with Crippen molar-refractivity contribution in [2.24, 2.45) is 0 Å². The van der Waals surface area contributed by atoms with E-state index in [1.165, 1.54) is 12.1 Å². The fourth-order valence-corrected chi connectivity index (χ4v) is 2.44. The summed E-state index contributed by atoms with van der Waals surface area (Å²) in [6.45, 7) is 2.02. The Hall–Kier alpha value is -2.49. The third kappa shape index (κ3) is 2.77. The number of hydrogen-bond acceptors (Lipinski definition) is 0. The van der Waals surface area contributed by atoms with Crippen molar-refractivity contribution < 1.29 is 13.2 Å². The lowest BCUT2D eigenvalue weighted by molar-refractivity contribution is -0.137. The Morgan fingerprint density at radius 3 is 1.68 bits per heavy atom. The molecule has 112 valence electrons. The molecule has 1 nitrogen and oxygen atoms in total. The number of hydrogen-bond donors (Lipinski definition) is 1. The first-order valence-corrected chi connectivity index (χ1v) is 6.87. The molecule has 0 unspecified atom stereocenters. The molecule has 4 heteroatoms. The molecule has 3 aromatic rings. The SMILES string of the molecule is Cc1cc[nH]c1-c1ccc(-c2ccc(C(F)(F)F)cc2)cc1. The topological polar surface area (TPSA) is 15.8 Å². The van der Waals surface area contributed by atoms with Crippen molar-refractivity contribution in [1.29, 1.82) is 0 Å². The highest BCUT2D eigenvalue weighted by atomic mass is 19.4. The van der Waals surface area contributed by atoms with Gasteiger partial charge < -0.3 is 4.98 Å². The predicted octanol–water partition coefficient (Wildman–Crippen LogP) is 5.68. The number of H-pyrrole nitrogens is 1. The molecular formula is C18H14F3N. The van der Waals surface area contributed by atoms with Crippen LogP contribution in [0, 0.1) is 6.92 Å². The fraction of sp³-hybridized carbons (Fsp3) is 0.111. The highest BCUT2D eigenvalue weighted by Gasteiger charge is 2.29. The molecule has 0 aliphatic heterocycles. The largest absolute Gasteiger partial charge is 0.416 e. The molecule has 3 rings (SSSR count). The van der Waals surface area contributed by atoms with Gasteiger partial charge >= 0.3 is 6.18 Å². The van der Waals surface area contributed by atoms with E-state index >= 15 is 0 Å². The molecule has 0 saturated heterocycles. The molecule has 0 spiro atoms. The van der Waals surface area contributed by atoms with Gasteiger partial charge in [-0.15, -0.1) is 0 Å². The summed E-state index contributed by atoms with van der Waals surface area (Å²) in [6.07, 6.45) is -2.41. The Balaban J connectivity index is 1.89. The smallest absolute Gasteiger partial charge is 0.361 e. The number of halogens is 3. The van der Waals surface area contributed by atoms with Crippen LogP contribution < -0.4 is 0 Å². The van der Waals surface area contributed by atoms with E-state index in [9.17, 15) is 13.2 Å². The second-order valence-corrected chi connectivity index (χ2v) is 5.19. The van der Waals surface area contributed by atoms with Crippen LogP contribution in [0.3, 0.4) is 0 Å². The van der Waals surface area contributed by atoms with E-state index < -0.39 is 11.7 Å². The summed E-state index contributed by atoms with van der Waals surface area (Å²) in [7, 11) is 0. The van der Waals surface area contributed by atoms with Gasteiger partial charge in [-0.1, -0.05) is 36.4 Å². The number of aromatic amines is 1. The Morgan fingerprint density at radius 1 is 0.727 bits per heavy atom. The van der Waals surface area contributed by atoms with Gasteiger partial charge in [-0.2, -0.15) is 13.2 Å². The van der Waals surface area contributed by atoms with Gasteiger partial charge in [0, 0.05) is 11.9 Å². The van der Waals surface area contributed by atoms with Crippen LogP contribution in [0.2, 0.25) is 0 Å². The van der Waals surface area contributed by atoms with Gasteiger partial charge in [0.1, 0.15) is 0 Å². The summed E-state index contributed by atoms with van der Waals surface area (Å²) in [4.78, 5) is 3.18. The Bertz CT molecular complexity index is 765. The van der Waals surface area contributed by atoms with Crippen LogP contribution in [0.4, 0.5) is 13.2 Å². The molecule has 0 bridgehead atoms. The lowest BCUT2D eigenvalue weighted by Crippen LogP contribution is -2.03. The molecule has 2 aromatic carbocycles. The normalized spacial score (nSPS) is 11.6. The summed E-state index contributed by atoms with van der Waals surface area (Å²) in [5, 5.41) is 0. The third-order valence-corrected chi connectivity index (χ3v) is 3.67. The van der Waals surface area contributed by atoms with E-state index in [1.807, 2.05) is 43.5 Å². The minimum atomic E-state index is -4.30. The van der Waals surface area contributed by atoms with Crippen molar-refractivity contribution in [3.05, 3.63) is 71.9 Å². The molecular weight excluding hydrogens is 287 g/mol. The first kappa shape index (κ1) is 14.4. The molecule has 22 heavy (non-hydrogen) atoms. The third-order valence-electron chi connectivity index (χ3n) is 3.67. The standard InChI is InChI=1S/C18H14F3N/c1-12-10-11-22-17(12)15-4-2-13(3-5-15)14-6-8-16(9-7-14)18(19,20)21/h2-11,22H,1H3. The Kier molecular flexibility index (Phi) is 3.53. The van der Waals surface area contributed by atoms with Gasteiger partial charge in [0.25, 0.3) is 0 Å². The maximum absolute atomic E-state index is 12.6. The Labute approximate surface area is 126 Å². The predicted molar refractivity (Wildman–Crippen MR) is 81.4 cm³/mol. The number of benzene rings is 2. The summed E-state index contributed by atoms with van der Waals surface area (Å²) in [5.41, 5.74) is 4.29. The monoisotopic (exact) mass is 301 g/mol. The lowest BCUT2D eigenvalue weighted by Gasteiger charge is -2.08. The average Bonchev–Trinajstić information content (AvgIpc) is 2.93. The molecule has 0 saturated carbocycles. The van der Waals surface area contributed by atoms with E-state index in [4.69, 9.17) is 0 Å². The van der Waals surface area contributed by atoms with Gasteiger partial charge in [-0.05, 0) is 47.4 Å². The van der Waals surface area contributed by atoms with Gasteiger partial charge in [-0.3, -0.25) is 0 Å². The van der Waals surface area contributed by atoms with Crippen LogP contribution in [0.15, 0.2) is 60.8 Å². The number of aryl methyl sites for hydroxylation is 1. The molecule has 1 N–H and O–H groups in total. The zero-order valence-electron chi connectivity index (χ0n) is 11.9. The van der Waals surface area contributed by atoms with Crippen molar-refractivity contribution in [1.82, 2.24) is 4.98 Å². The van der Waals surface area contributed by atoms with Crippen LogP contribution in [0.25, 0.3) is 22.4 Å². The molecule has 0 amide bonds. The Morgan fingerprint density at radius 2 is 1.23 bits per heavy atom. The van der Waals surface area contributed by atoms with Crippen molar-refractivity contribution in [2.45, 2.75) is 13.1 Å². The second kappa shape index (κ2) is 5.37. The van der Waals surface area contributed by atoms with Crippen molar-refractivity contribution in [2.75, 3.05) is 0 Å². The molecule has 0 aliphatic carbocycles. The second-order valence-electron chi connectivity index (χ2n) is 5.19. The highest BCUT2D eigenvalue weighted by Crippen LogP contribution is 2.31. The van der Waals surface area contributed by atoms with E-state index in [1.54, 1.807) is 0 Å². The quantitative estimate of drug-likeness (QED) is 0.627. The zero-order valence-corrected chi connectivity index (χ0v) is 11.9.